The van der Waals surface area contributed by atoms with Crippen LogP contribution >= 0.6 is 0 Å². The molecule has 0 aliphatic carbocycles. The molecule has 27 heavy (non-hydrogen) atoms. The molecule has 0 heterocycles. The molecule has 144 valence electrons. The number of rotatable bonds is 7. The van der Waals surface area contributed by atoms with Crippen molar-refractivity contribution in [1.82, 2.24) is 10.6 Å². The first kappa shape index (κ1) is 20.4. The number of carbonyl (C=O) groups excluding carboxylic acids is 2. The fourth-order valence-corrected chi connectivity index (χ4v) is 3.49. The molecule has 8 heteroatoms. The maximum Gasteiger partial charge on any atom is 0.251 e. The molecule has 0 saturated carbocycles. The van der Waals surface area contributed by atoms with Crippen molar-refractivity contribution in [3.63, 3.8) is 0 Å². The maximum atomic E-state index is 12.3. The zero-order valence-electron chi connectivity index (χ0n) is 15.5. The standard InChI is InChI=1S/C19H23N3O4S/c1-14-7-4-5-10-17(14)22(27(3,25)26)13-18(23)21-12-15-8-6-9-16(11-15)19(24)20-2/h4-11H,12-13H2,1-3H3,(H,20,24)(H,21,23). The first-order chi connectivity index (χ1) is 12.7. The van der Waals surface area contributed by atoms with E-state index in [-0.39, 0.29) is 19.0 Å². The quantitative estimate of drug-likeness (QED) is 0.749. The minimum absolute atomic E-state index is 0.190. The van der Waals surface area contributed by atoms with Crippen LogP contribution in [0.2, 0.25) is 0 Å². The molecule has 7 nitrogen and oxygen atoms in total. The van der Waals surface area contributed by atoms with Gasteiger partial charge in [0, 0.05) is 19.2 Å². The number of sulfonamides is 1. The highest BCUT2D eigenvalue weighted by Gasteiger charge is 2.22. The van der Waals surface area contributed by atoms with Crippen LogP contribution in [0.25, 0.3) is 0 Å². The van der Waals surface area contributed by atoms with Gasteiger partial charge in [-0.2, -0.15) is 0 Å². The van der Waals surface area contributed by atoms with Gasteiger partial charge in [-0.05, 0) is 36.2 Å². The second-order valence-corrected chi connectivity index (χ2v) is 8.02. The third kappa shape index (κ3) is 5.55. The number of amides is 2. The van der Waals surface area contributed by atoms with Gasteiger partial charge in [0.15, 0.2) is 0 Å². The fraction of sp³-hybridized carbons (Fsp3) is 0.263. The molecule has 0 fully saturated rings. The van der Waals surface area contributed by atoms with E-state index < -0.39 is 15.9 Å². The summed E-state index contributed by atoms with van der Waals surface area (Å²) in [6.07, 6.45) is 1.07. The van der Waals surface area contributed by atoms with E-state index >= 15 is 0 Å². The fourth-order valence-electron chi connectivity index (χ4n) is 2.58. The van der Waals surface area contributed by atoms with Crippen molar-refractivity contribution >= 4 is 27.5 Å². The van der Waals surface area contributed by atoms with Crippen molar-refractivity contribution < 1.29 is 18.0 Å². The monoisotopic (exact) mass is 389 g/mol. The third-order valence-corrected chi connectivity index (χ3v) is 5.10. The van der Waals surface area contributed by atoms with Crippen LogP contribution in [0.3, 0.4) is 0 Å². The summed E-state index contributed by atoms with van der Waals surface area (Å²) >= 11 is 0. The highest BCUT2D eigenvalue weighted by molar-refractivity contribution is 7.92. The Hall–Kier alpha value is -2.87. The molecular formula is C19H23N3O4S. The molecule has 2 amide bonds. The van der Waals surface area contributed by atoms with Gasteiger partial charge in [0.05, 0.1) is 11.9 Å². The van der Waals surface area contributed by atoms with Crippen LogP contribution in [0.4, 0.5) is 5.69 Å². The highest BCUT2D eigenvalue weighted by Crippen LogP contribution is 2.21. The van der Waals surface area contributed by atoms with Crippen LogP contribution in [0.15, 0.2) is 48.5 Å². The first-order valence-corrected chi connectivity index (χ1v) is 10.2. The zero-order chi connectivity index (χ0) is 20.0. The number of hydrogen-bond acceptors (Lipinski definition) is 4. The van der Waals surface area contributed by atoms with Crippen LogP contribution < -0.4 is 14.9 Å². The molecule has 0 saturated heterocycles. The van der Waals surface area contributed by atoms with Gasteiger partial charge >= 0.3 is 0 Å². The smallest absolute Gasteiger partial charge is 0.251 e. The molecule has 0 aliphatic rings. The highest BCUT2D eigenvalue weighted by atomic mass is 32.2. The van der Waals surface area contributed by atoms with E-state index in [9.17, 15) is 18.0 Å². The summed E-state index contributed by atoms with van der Waals surface area (Å²) in [5.74, 6) is -0.653. The molecule has 2 aromatic carbocycles. The van der Waals surface area contributed by atoms with Gasteiger partial charge in [-0.1, -0.05) is 30.3 Å². The Morgan fingerprint density at radius 3 is 2.41 bits per heavy atom. The minimum Gasteiger partial charge on any atom is -0.355 e. The average molecular weight is 389 g/mol. The molecule has 0 aliphatic heterocycles. The second kappa shape index (κ2) is 8.68. The number of para-hydroxylation sites is 1. The molecule has 0 bridgehead atoms. The van der Waals surface area contributed by atoms with E-state index in [1.807, 2.05) is 0 Å². The van der Waals surface area contributed by atoms with Crippen LogP contribution in [-0.2, 0) is 21.4 Å². The summed E-state index contributed by atoms with van der Waals surface area (Å²) in [5, 5.41) is 5.24. The topological polar surface area (TPSA) is 95.6 Å². The lowest BCUT2D eigenvalue weighted by atomic mass is 10.1. The maximum absolute atomic E-state index is 12.3. The lowest BCUT2D eigenvalue weighted by Gasteiger charge is -2.23. The van der Waals surface area contributed by atoms with Gasteiger partial charge in [-0.3, -0.25) is 13.9 Å². The molecule has 0 radical (unpaired) electrons. The Labute approximate surface area is 159 Å². The Morgan fingerprint density at radius 2 is 1.78 bits per heavy atom. The number of aryl methyl sites for hydroxylation is 1. The van der Waals surface area contributed by atoms with Gasteiger partial charge in [0.25, 0.3) is 5.91 Å². The van der Waals surface area contributed by atoms with E-state index in [2.05, 4.69) is 10.6 Å². The first-order valence-electron chi connectivity index (χ1n) is 8.33. The Bertz CT molecular complexity index is 941. The van der Waals surface area contributed by atoms with E-state index in [1.54, 1.807) is 62.5 Å². The van der Waals surface area contributed by atoms with Crippen molar-refractivity contribution in [2.45, 2.75) is 13.5 Å². The summed E-state index contributed by atoms with van der Waals surface area (Å²) in [5.41, 5.74) is 2.46. The number of hydrogen-bond donors (Lipinski definition) is 2. The van der Waals surface area contributed by atoms with Gasteiger partial charge in [-0.15, -0.1) is 0 Å². The number of carbonyl (C=O) groups is 2. The number of benzene rings is 2. The van der Waals surface area contributed by atoms with Crippen molar-refractivity contribution in [3.05, 3.63) is 65.2 Å². The predicted octanol–water partition coefficient (Wildman–Crippen LogP) is 1.44. The van der Waals surface area contributed by atoms with Gasteiger partial charge in [-0.25, -0.2) is 8.42 Å². The van der Waals surface area contributed by atoms with E-state index in [1.165, 1.54) is 0 Å². The average Bonchev–Trinajstić information content (AvgIpc) is 2.64. The lowest BCUT2D eigenvalue weighted by molar-refractivity contribution is -0.119. The van der Waals surface area contributed by atoms with Crippen LogP contribution in [0, 0.1) is 6.92 Å². The van der Waals surface area contributed by atoms with Crippen molar-refractivity contribution in [3.8, 4) is 0 Å². The summed E-state index contributed by atoms with van der Waals surface area (Å²) < 4.78 is 25.4. The molecular weight excluding hydrogens is 366 g/mol. The van der Waals surface area contributed by atoms with Crippen molar-refractivity contribution in [1.29, 1.82) is 0 Å². The third-order valence-electron chi connectivity index (χ3n) is 3.98. The summed E-state index contributed by atoms with van der Waals surface area (Å²) in [4.78, 5) is 24.0. The predicted molar refractivity (Wildman–Crippen MR) is 105 cm³/mol. The lowest BCUT2D eigenvalue weighted by Crippen LogP contribution is -2.40. The summed E-state index contributed by atoms with van der Waals surface area (Å²) in [6, 6.07) is 13.8. The van der Waals surface area contributed by atoms with Gasteiger partial charge < -0.3 is 10.6 Å². The molecule has 0 unspecified atom stereocenters. The Morgan fingerprint density at radius 1 is 1.07 bits per heavy atom. The largest absolute Gasteiger partial charge is 0.355 e. The molecule has 2 rings (SSSR count). The van der Waals surface area contributed by atoms with E-state index in [0.29, 0.717) is 11.3 Å². The SMILES string of the molecule is CNC(=O)c1cccc(CNC(=O)CN(c2ccccc2C)S(C)(=O)=O)c1. The molecule has 0 aromatic heterocycles. The van der Waals surface area contributed by atoms with Crippen molar-refractivity contribution in [2.75, 3.05) is 24.2 Å². The normalized spacial score (nSPS) is 10.9. The molecule has 0 atom stereocenters. The van der Waals surface area contributed by atoms with Crippen LogP contribution in [0.5, 0.6) is 0 Å². The number of anilines is 1. The minimum atomic E-state index is -3.62. The van der Waals surface area contributed by atoms with Crippen LogP contribution in [-0.4, -0.2) is 40.1 Å². The molecule has 2 aromatic rings. The Balaban J connectivity index is 2.09. The summed E-state index contributed by atoms with van der Waals surface area (Å²) in [7, 11) is -2.08. The Kier molecular flexibility index (Phi) is 6.57. The number of nitrogens with one attached hydrogen (secondary N) is 2. The number of nitrogens with zero attached hydrogens (tertiary/aromatic N) is 1. The molecule has 2 N–H and O–H groups in total. The van der Waals surface area contributed by atoms with Crippen LogP contribution in [0.1, 0.15) is 21.5 Å². The second-order valence-electron chi connectivity index (χ2n) is 6.11. The summed E-state index contributed by atoms with van der Waals surface area (Å²) in [6.45, 7) is 1.66. The molecule has 0 spiro atoms. The van der Waals surface area contributed by atoms with E-state index in [0.717, 1.165) is 21.7 Å². The van der Waals surface area contributed by atoms with Crippen molar-refractivity contribution in [2.24, 2.45) is 0 Å². The van der Waals surface area contributed by atoms with Gasteiger partial charge in [0.2, 0.25) is 15.9 Å². The van der Waals surface area contributed by atoms with Gasteiger partial charge in [0.1, 0.15) is 6.54 Å². The zero-order valence-corrected chi connectivity index (χ0v) is 16.3. The van der Waals surface area contributed by atoms with E-state index in [4.69, 9.17) is 0 Å².